The summed E-state index contributed by atoms with van der Waals surface area (Å²) in [4.78, 5) is 18.4. The molecule has 0 bridgehead atoms. The number of hydrazone groups is 1. The zero-order valence-electron chi connectivity index (χ0n) is 20.3. The summed E-state index contributed by atoms with van der Waals surface area (Å²) in [6.45, 7) is 8.83. The summed E-state index contributed by atoms with van der Waals surface area (Å²) in [6.07, 6.45) is 11.1. The number of allylic oxidation sites excluding steroid dienone is 4. The lowest BCUT2D eigenvalue weighted by atomic mass is 9.77. The standard InChI is InChI=1S/C27H36N4OS/c1-5-6-16-33-27-29-26(32)24-22-12-7-8-13-23(22)28-25(31(24)30-27)21-15-14-20(17-19(21)4)11-9-10-18(2)3/h7-8,10,12-14,19,21,25H,5-6,9,11,15-17H2,1-4H3,(H,29,30,32). The van der Waals surface area contributed by atoms with Gasteiger partial charge in [0, 0.05) is 16.9 Å². The average molecular weight is 465 g/mol. The Kier molecular flexibility index (Phi) is 7.74. The van der Waals surface area contributed by atoms with Crippen molar-refractivity contribution in [2.75, 3.05) is 5.75 Å². The van der Waals surface area contributed by atoms with Crippen LogP contribution in [0.15, 0.2) is 57.7 Å². The summed E-state index contributed by atoms with van der Waals surface area (Å²) in [5.74, 6) is 1.68. The second-order valence-electron chi connectivity index (χ2n) is 9.58. The van der Waals surface area contributed by atoms with E-state index in [1.807, 2.05) is 29.3 Å². The van der Waals surface area contributed by atoms with Crippen LogP contribution in [-0.2, 0) is 4.79 Å². The van der Waals surface area contributed by atoms with Crippen LogP contribution in [0.5, 0.6) is 0 Å². The van der Waals surface area contributed by atoms with Crippen molar-refractivity contribution in [2.45, 2.75) is 72.4 Å². The third-order valence-corrected chi connectivity index (χ3v) is 7.63. The Balaban J connectivity index is 1.64. The van der Waals surface area contributed by atoms with E-state index >= 15 is 0 Å². The molecule has 4 rings (SSSR count). The Morgan fingerprint density at radius 3 is 2.88 bits per heavy atom. The monoisotopic (exact) mass is 464 g/mol. The minimum absolute atomic E-state index is 0.0715. The molecule has 1 N–H and O–H groups in total. The second-order valence-corrected chi connectivity index (χ2v) is 10.7. The van der Waals surface area contributed by atoms with E-state index in [2.05, 4.69) is 45.2 Å². The first kappa shape index (κ1) is 23.8. The van der Waals surface area contributed by atoms with Crippen LogP contribution in [0.4, 0.5) is 0 Å². The highest BCUT2D eigenvalue weighted by Gasteiger charge is 2.40. The van der Waals surface area contributed by atoms with E-state index in [4.69, 9.17) is 10.1 Å². The van der Waals surface area contributed by atoms with Crippen molar-refractivity contribution in [3.8, 4) is 0 Å². The van der Waals surface area contributed by atoms with E-state index in [9.17, 15) is 4.79 Å². The first-order valence-corrected chi connectivity index (χ1v) is 13.3. The van der Waals surface area contributed by atoms with Crippen molar-refractivity contribution in [1.29, 1.82) is 0 Å². The van der Waals surface area contributed by atoms with E-state index in [1.165, 1.54) is 5.57 Å². The lowest BCUT2D eigenvalue weighted by Crippen LogP contribution is -2.55. The largest absolute Gasteiger partial charge is 0.298 e. The number of rotatable bonds is 7. The number of benzene rings is 1. The molecule has 0 fully saturated rings. The molecule has 33 heavy (non-hydrogen) atoms. The van der Waals surface area contributed by atoms with Crippen molar-refractivity contribution < 1.29 is 4.79 Å². The molecule has 3 atom stereocenters. The van der Waals surface area contributed by atoms with Gasteiger partial charge in [0.2, 0.25) is 0 Å². The maximum Gasteiger partial charge on any atom is 0.276 e. The fourth-order valence-electron chi connectivity index (χ4n) is 4.86. The zero-order valence-corrected chi connectivity index (χ0v) is 21.1. The van der Waals surface area contributed by atoms with Crippen molar-refractivity contribution >= 4 is 28.5 Å². The smallest absolute Gasteiger partial charge is 0.276 e. The Bertz CT molecular complexity index is 1100. The minimum Gasteiger partial charge on any atom is -0.298 e. The van der Waals surface area contributed by atoms with E-state index < -0.39 is 0 Å². The number of fused-ring (bicyclic) bond motifs is 2. The Morgan fingerprint density at radius 1 is 1.30 bits per heavy atom. The molecule has 2 aliphatic heterocycles. The molecule has 1 aromatic rings. The van der Waals surface area contributed by atoms with Gasteiger partial charge in [-0.05, 0) is 57.9 Å². The number of carbonyl (C=O) groups is 1. The summed E-state index contributed by atoms with van der Waals surface area (Å²) >= 11 is 1.63. The van der Waals surface area contributed by atoms with Crippen molar-refractivity contribution in [1.82, 2.24) is 10.3 Å². The van der Waals surface area contributed by atoms with E-state index in [0.717, 1.165) is 54.9 Å². The lowest BCUT2D eigenvalue weighted by Gasteiger charge is -2.41. The van der Waals surface area contributed by atoms with Crippen molar-refractivity contribution in [2.24, 2.45) is 21.9 Å². The Labute approximate surface area is 201 Å². The van der Waals surface area contributed by atoms with Gasteiger partial charge >= 0.3 is 0 Å². The third kappa shape index (κ3) is 5.43. The van der Waals surface area contributed by atoms with E-state index in [0.29, 0.717) is 22.7 Å². The fourth-order valence-corrected chi connectivity index (χ4v) is 5.80. The summed E-state index contributed by atoms with van der Waals surface area (Å²) in [5.41, 5.74) is 3.57. The number of thioether (sulfide) groups is 1. The molecule has 3 aliphatic rings. The number of nitrogens with zero attached hydrogens (tertiary/aromatic N) is 3. The second kappa shape index (κ2) is 10.7. The molecule has 1 aliphatic carbocycles. The van der Waals surface area contributed by atoms with Crippen LogP contribution in [0.1, 0.15) is 66.2 Å². The molecule has 176 valence electrons. The molecule has 0 spiro atoms. The van der Waals surface area contributed by atoms with Gasteiger partial charge in [-0.25, -0.2) is 5.01 Å². The van der Waals surface area contributed by atoms with E-state index in [1.54, 1.807) is 17.3 Å². The summed E-state index contributed by atoms with van der Waals surface area (Å²) < 4.78 is 0. The number of carbonyl (C=O) groups excluding carboxylic acids is 1. The van der Waals surface area contributed by atoms with Crippen LogP contribution in [0.2, 0.25) is 0 Å². The van der Waals surface area contributed by atoms with Gasteiger partial charge in [0.15, 0.2) is 5.17 Å². The van der Waals surface area contributed by atoms with E-state index in [-0.39, 0.29) is 12.1 Å². The summed E-state index contributed by atoms with van der Waals surface area (Å²) in [7, 11) is 0. The minimum atomic E-state index is -0.159. The molecule has 0 saturated heterocycles. The van der Waals surface area contributed by atoms with Gasteiger partial charge in [0.05, 0.1) is 5.36 Å². The van der Waals surface area contributed by atoms with Gasteiger partial charge < -0.3 is 0 Å². The Hall–Kier alpha value is -2.34. The molecule has 1 amide bonds. The first-order chi connectivity index (χ1) is 16.0. The highest BCUT2D eigenvalue weighted by atomic mass is 32.2. The molecule has 0 radical (unpaired) electrons. The molecule has 2 heterocycles. The van der Waals surface area contributed by atoms with Crippen LogP contribution in [0.3, 0.4) is 0 Å². The van der Waals surface area contributed by atoms with Crippen molar-refractivity contribution in [3.05, 3.63) is 58.1 Å². The van der Waals surface area contributed by atoms with Gasteiger partial charge in [-0.1, -0.05) is 73.5 Å². The molecule has 6 heteroatoms. The number of amidine groups is 1. The molecule has 0 saturated carbocycles. The van der Waals surface area contributed by atoms with Gasteiger partial charge in [-0.3, -0.25) is 15.1 Å². The quantitative estimate of drug-likeness (QED) is 0.470. The lowest BCUT2D eigenvalue weighted by molar-refractivity contribution is -0.116. The number of unbranched alkanes of at least 4 members (excludes halogenated alkanes) is 1. The highest BCUT2D eigenvalue weighted by Crippen LogP contribution is 2.38. The number of hydrogen-bond acceptors (Lipinski definition) is 5. The van der Waals surface area contributed by atoms with Crippen LogP contribution < -0.4 is 15.9 Å². The number of para-hydroxylation sites is 1. The predicted molar refractivity (Wildman–Crippen MR) is 138 cm³/mol. The summed E-state index contributed by atoms with van der Waals surface area (Å²) in [6, 6.07) is 7.96. The van der Waals surface area contributed by atoms with Crippen LogP contribution in [-0.4, -0.2) is 28.0 Å². The number of nitrogens with one attached hydrogen (secondary N) is 1. The molecule has 0 aromatic heterocycles. The van der Waals surface area contributed by atoms with Gasteiger partial charge in [0.25, 0.3) is 5.91 Å². The van der Waals surface area contributed by atoms with Crippen molar-refractivity contribution in [3.63, 3.8) is 0 Å². The molecular formula is C27H36N4OS. The Morgan fingerprint density at radius 2 is 2.12 bits per heavy atom. The fraction of sp³-hybridized carbons (Fsp3) is 0.519. The molecule has 1 aromatic carbocycles. The normalized spacial score (nSPS) is 24.1. The predicted octanol–water partition coefficient (Wildman–Crippen LogP) is 4.71. The molecule has 5 nitrogen and oxygen atoms in total. The zero-order chi connectivity index (χ0) is 23.4. The van der Waals surface area contributed by atoms with Gasteiger partial charge in [0.1, 0.15) is 11.9 Å². The first-order valence-electron chi connectivity index (χ1n) is 12.3. The highest BCUT2D eigenvalue weighted by molar-refractivity contribution is 8.13. The average Bonchev–Trinajstić information content (AvgIpc) is 2.78. The molecular weight excluding hydrogens is 428 g/mol. The maximum absolute atomic E-state index is 13.2. The summed E-state index contributed by atoms with van der Waals surface area (Å²) in [5, 5.41) is 12.3. The number of hydrogen-bond donors (Lipinski definition) is 1. The van der Waals surface area contributed by atoms with Crippen LogP contribution in [0, 0.1) is 11.8 Å². The maximum atomic E-state index is 13.2. The third-order valence-electron chi connectivity index (χ3n) is 6.68. The van der Waals surface area contributed by atoms with Crippen LogP contribution >= 0.6 is 11.8 Å². The SMILES string of the molecule is CCCCSC1=NN2C(=c3ccccc3=NC2C2CC=C(CCC=C(C)C)CC2C)C(=O)N1. The van der Waals surface area contributed by atoms with Gasteiger partial charge in [-0.15, -0.1) is 5.10 Å². The topological polar surface area (TPSA) is 57.1 Å². The molecule has 3 unspecified atom stereocenters. The van der Waals surface area contributed by atoms with Gasteiger partial charge in [-0.2, -0.15) is 0 Å². The number of amides is 1. The van der Waals surface area contributed by atoms with Crippen LogP contribution in [0.25, 0.3) is 5.70 Å².